The minimum atomic E-state index is 0.453. The predicted octanol–water partition coefficient (Wildman–Crippen LogP) is 2.39. The molecule has 0 radical (unpaired) electrons. The first-order chi connectivity index (χ1) is 8.22. The van der Waals surface area contributed by atoms with Crippen LogP contribution in [-0.2, 0) is 0 Å². The Balaban J connectivity index is 3.02. The summed E-state index contributed by atoms with van der Waals surface area (Å²) in [6, 6.07) is 7.28. The molecule has 17 heavy (non-hydrogen) atoms. The lowest BCUT2D eigenvalue weighted by molar-refractivity contribution is 1.01. The number of anilines is 1. The highest BCUT2D eigenvalue weighted by molar-refractivity contribution is 6.03. The number of hydrogen-bond acceptors (Lipinski definition) is 3. The van der Waals surface area contributed by atoms with Gasteiger partial charge in [0.15, 0.2) is 5.84 Å². The van der Waals surface area contributed by atoms with E-state index in [-0.39, 0.29) is 0 Å². The third-order valence-electron chi connectivity index (χ3n) is 2.28. The highest BCUT2D eigenvalue weighted by Crippen LogP contribution is 2.14. The van der Waals surface area contributed by atoms with Crippen molar-refractivity contribution in [1.82, 2.24) is 0 Å². The number of nitriles is 1. The monoisotopic (exact) mass is 228 g/mol. The van der Waals surface area contributed by atoms with E-state index in [1.807, 2.05) is 18.4 Å². The molecular weight excluding hydrogens is 212 g/mol. The summed E-state index contributed by atoms with van der Waals surface area (Å²) < 4.78 is 0. The molecule has 4 nitrogen and oxygen atoms in total. The van der Waals surface area contributed by atoms with Gasteiger partial charge >= 0.3 is 0 Å². The van der Waals surface area contributed by atoms with Gasteiger partial charge in [0.2, 0.25) is 0 Å². The Hall–Kier alpha value is -2.15. The number of unbranched alkanes of at least 4 members (excludes halogenated alkanes) is 1. The molecule has 1 aromatic carbocycles. The second-order valence-electron chi connectivity index (χ2n) is 3.56. The standard InChI is InChI=1S/C13H16N4/c1-3-4-7-17-13(16-2)10-5-6-12(15)11(8-10)9-14/h5-8H,3-4,15H2,1-2H3. The summed E-state index contributed by atoms with van der Waals surface area (Å²) in [5.41, 5.74) is 7.40. The zero-order valence-corrected chi connectivity index (χ0v) is 10.1. The molecule has 0 aromatic heterocycles. The van der Waals surface area contributed by atoms with Crippen molar-refractivity contribution in [1.29, 1.82) is 5.26 Å². The molecule has 0 aliphatic heterocycles. The van der Waals surface area contributed by atoms with Crippen LogP contribution in [0.2, 0.25) is 0 Å². The van der Waals surface area contributed by atoms with Crippen LogP contribution in [0.4, 0.5) is 5.69 Å². The first kappa shape index (κ1) is 12.9. The molecule has 0 unspecified atom stereocenters. The van der Waals surface area contributed by atoms with Crippen LogP contribution in [0.3, 0.4) is 0 Å². The van der Waals surface area contributed by atoms with E-state index in [2.05, 4.69) is 16.9 Å². The number of benzene rings is 1. The molecule has 0 atom stereocenters. The van der Waals surface area contributed by atoms with Gasteiger partial charge in [0.1, 0.15) is 6.07 Å². The van der Waals surface area contributed by atoms with E-state index in [0.29, 0.717) is 17.1 Å². The van der Waals surface area contributed by atoms with Gasteiger partial charge in [-0.25, -0.2) is 4.99 Å². The molecule has 0 amide bonds. The summed E-state index contributed by atoms with van der Waals surface area (Å²) >= 11 is 0. The summed E-state index contributed by atoms with van der Waals surface area (Å²) in [5.74, 6) is 0.620. The van der Waals surface area contributed by atoms with Crippen LogP contribution in [-0.4, -0.2) is 19.1 Å². The Morgan fingerprint density at radius 2 is 2.29 bits per heavy atom. The second-order valence-corrected chi connectivity index (χ2v) is 3.56. The fourth-order valence-electron chi connectivity index (χ4n) is 1.33. The largest absolute Gasteiger partial charge is 0.398 e. The van der Waals surface area contributed by atoms with Gasteiger partial charge in [0, 0.05) is 24.5 Å². The van der Waals surface area contributed by atoms with Crippen molar-refractivity contribution >= 4 is 17.7 Å². The van der Waals surface area contributed by atoms with E-state index in [1.54, 1.807) is 19.2 Å². The number of amidine groups is 1. The van der Waals surface area contributed by atoms with E-state index in [4.69, 9.17) is 11.0 Å². The minimum absolute atomic E-state index is 0.453. The molecule has 0 spiro atoms. The van der Waals surface area contributed by atoms with Crippen molar-refractivity contribution < 1.29 is 0 Å². The molecule has 0 saturated carbocycles. The van der Waals surface area contributed by atoms with E-state index >= 15 is 0 Å². The van der Waals surface area contributed by atoms with Gasteiger partial charge in [-0.1, -0.05) is 13.3 Å². The quantitative estimate of drug-likeness (QED) is 0.490. The highest BCUT2D eigenvalue weighted by atomic mass is 14.9. The Labute approximate surface area is 102 Å². The summed E-state index contributed by atoms with van der Waals surface area (Å²) in [4.78, 5) is 8.39. The van der Waals surface area contributed by atoms with Crippen molar-refractivity contribution in [2.24, 2.45) is 9.98 Å². The zero-order chi connectivity index (χ0) is 12.7. The molecule has 0 fully saturated rings. The zero-order valence-electron chi connectivity index (χ0n) is 10.1. The summed E-state index contributed by atoms with van der Waals surface area (Å²) in [6.45, 7) is 2.09. The van der Waals surface area contributed by atoms with Gasteiger partial charge in [-0.05, 0) is 24.6 Å². The molecule has 0 aliphatic rings. The third kappa shape index (κ3) is 3.42. The second kappa shape index (κ2) is 6.44. The molecule has 88 valence electrons. The number of nitrogens with zero attached hydrogens (tertiary/aromatic N) is 3. The van der Waals surface area contributed by atoms with Crippen LogP contribution < -0.4 is 5.73 Å². The lowest BCUT2D eigenvalue weighted by Gasteiger charge is -2.02. The SMILES string of the molecule is CCCC=NC(=NC)c1ccc(N)c(C#N)c1. The van der Waals surface area contributed by atoms with Crippen LogP contribution in [0, 0.1) is 11.3 Å². The van der Waals surface area contributed by atoms with E-state index in [0.717, 1.165) is 18.4 Å². The number of rotatable bonds is 3. The molecule has 0 saturated heterocycles. The van der Waals surface area contributed by atoms with Gasteiger partial charge in [-0.2, -0.15) is 5.26 Å². The van der Waals surface area contributed by atoms with Crippen LogP contribution in [0.25, 0.3) is 0 Å². The molecule has 4 heteroatoms. The topological polar surface area (TPSA) is 74.5 Å². The highest BCUT2D eigenvalue weighted by Gasteiger charge is 2.04. The lowest BCUT2D eigenvalue weighted by Crippen LogP contribution is -2.00. The average molecular weight is 228 g/mol. The van der Waals surface area contributed by atoms with Gasteiger partial charge in [-0.3, -0.25) is 4.99 Å². The van der Waals surface area contributed by atoms with Crippen molar-refractivity contribution in [3.05, 3.63) is 29.3 Å². The van der Waals surface area contributed by atoms with Gasteiger partial charge in [0.05, 0.1) is 5.56 Å². The van der Waals surface area contributed by atoms with E-state index < -0.39 is 0 Å². The molecule has 1 aromatic rings. The smallest absolute Gasteiger partial charge is 0.153 e. The van der Waals surface area contributed by atoms with Crippen molar-refractivity contribution in [3.8, 4) is 6.07 Å². The Morgan fingerprint density at radius 1 is 1.53 bits per heavy atom. The van der Waals surface area contributed by atoms with Gasteiger partial charge < -0.3 is 5.73 Å². The number of nitrogen functional groups attached to an aromatic ring is 1. The normalized spacial score (nSPS) is 11.7. The molecule has 1 rings (SSSR count). The van der Waals surface area contributed by atoms with Crippen molar-refractivity contribution in [3.63, 3.8) is 0 Å². The maximum Gasteiger partial charge on any atom is 0.153 e. The maximum atomic E-state index is 8.90. The Bertz CT molecular complexity index is 481. The minimum Gasteiger partial charge on any atom is -0.398 e. The predicted molar refractivity (Wildman–Crippen MR) is 71.4 cm³/mol. The van der Waals surface area contributed by atoms with Crippen molar-refractivity contribution in [2.75, 3.05) is 12.8 Å². The summed E-state index contributed by atoms with van der Waals surface area (Å²) in [6.07, 6.45) is 3.80. The van der Waals surface area contributed by atoms with E-state index in [9.17, 15) is 0 Å². The maximum absolute atomic E-state index is 8.90. The lowest BCUT2D eigenvalue weighted by atomic mass is 10.1. The first-order valence-electron chi connectivity index (χ1n) is 5.52. The average Bonchev–Trinajstić information content (AvgIpc) is 2.36. The van der Waals surface area contributed by atoms with Crippen LogP contribution in [0.5, 0.6) is 0 Å². The first-order valence-corrected chi connectivity index (χ1v) is 5.52. The fraction of sp³-hybridized carbons (Fsp3) is 0.308. The Morgan fingerprint density at radius 3 is 2.88 bits per heavy atom. The molecule has 0 aliphatic carbocycles. The Kier molecular flexibility index (Phi) is 4.89. The van der Waals surface area contributed by atoms with Crippen LogP contribution in [0.15, 0.2) is 28.2 Å². The number of nitrogens with two attached hydrogens (primary N) is 1. The fourth-order valence-corrected chi connectivity index (χ4v) is 1.33. The third-order valence-corrected chi connectivity index (χ3v) is 2.28. The van der Waals surface area contributed by atoms with E-state index in [1.165, 1.54) is 0 Å². The van der Waals surface area contributed by atoms with Gasteiger partial charge in [0.25, 0.3) is 0 Å². The molecule has 0 bridgehead atoms. The van der Waals surface area contributed by atoms with Crippen LogP contribution >= 0.6 is 0 Å². The van der Waals surface area contributed by atoms with Crippen molar-refractivity contribution in [2.45, 2.75) is 19.8 Å². The number of hydrogen-bond donors (Lipinski definition) is 1. The summed E-state index contributed by atoms with van der Waals surface area (Å²) in [7, 11) is 1.68. The molecule has 2 N–H and O–H groups in total. The van der Waals surface area contributed by atoms with Gasteiger partial charge in [-0.15, -0.1) is 0 Å². The van der Waals surface area contributed by atoms with Crippen LogP contribution in [0.1, 0.15) is 30.9 Å². The molecule has 0 heterocycles. The number of aliphatic imine (C=N–C) groups is 2. The molecular formula is C13H16N4. The summed E-state index contributed by atoms with van der Waals surface area (Å²) in [5, 5.41) is 8.90.